The molecule has 0 aromatic carbocycles. The lowest BCUT2D eigenvalue weighted by Crippen LogP contribution is -2.42. The average Bonchev–Trinajstić information content (AvgIpc) is 2.69. The largest absolute Gasteiger partial charge is 0.376 e. The van der Waals surface area contributed by atoms with Crippen LogP contribution in [0.4, 0.5) is 0 Å². The van der Waals surface area contributed by atoms with Gasteiger partial charge in [0.15, 0.2) is 0 Å². The fourth-order valence-corrected chi connectivity index (χ4v) is 1.50. The van der Waals surface area contributed by atoms with E-state index in [1.165, 1.54) is 0 Å². The van der Waals surface area contributed by atoms with Gasteiger partial charge in [-0.05, 0) is 26.7 Å². The summed E-state index contributed by atoms with van der Waals surface area (Å²) in [4.78, 5) is 11.4. The maximum absolute atomic E-state index is 11.4. The van der Waals surface area contributed by atoms with Gasteiger partial charge in [-0.1, -0.05) is 0 Å². The molecule has 1 heterocycles. The first-order valence-electron chi connectivity index (χ1n) is 4.96. The summed E-state index contributed by atoms with van der Waals surface area (Å²) in [6.45, 7) is 4.29. The van der Waals surface area contributed by atoms with Crippen molar-refractivity contribution in [1.82, 2.24) is 5.32 Å². The lowest BCUT2D eigenvalue weighted by Gasteiger charge is -2.20. The summed E-state index contributed by atoms with van der Waals surface area (Å²) in [6.07, 6.45) is 2.16. The van der Waals surface area contributed by atoms with Crippen molar-refractivity contribution in [1.29, 1.82) is 5.26 Å². The van der Waals surface area contributed by atoms with Crippen LogP contribution in [0.2, 0.25) is 0 Å². The first kappa shape index (κ1) is 11.0. The zero-order valence-electron chi connectivity index (χ0n) is 8.62. The SMILES string of the molecule is CC(C#N)C(=O)NC(C)C1CCCO1. The van der Waals surface area contributed by atoms with E-state index in [-0.39, 0.29) is 18.1 Å². The van der Waals surface area contributed by atoms with Gasteiger partial charge in [-0.3, -0.25) is 4.79 Å². The molecule has 1 aliphatic rings. The van der Waals surface area contributed by atoms with Crippen LogP contribution < -0.4 is 5.32 Å². The van der Waals surface area contributed by atoms with Crippen LogP contribution in [-0.4, -0.2) is 24.7 Å². The topological polar surface area (TPSA) is 62.1 Å². The van der Waals surface area contributed by atoms with Crippen LogP contribution >= 0.6 is 0 Å². The van der Waals surface area contributed by atoms with Crippen LogP contribution in [0.25, 0.3) is 0 Å². The Kier molecular flexibility index (Phi) is 3.90. The van der Waals surface area contributed by atoms with E-state index in [9.17, 15) is 4.79 Å². The lowest BCUT2D eigenvalue weighted by atomic mass is 10.1. The van der Waals surface area contributed by atoms with Gasteiger partial charge < -0.3 is 10.1 Å². The van der Waals surface area contributed by atoms with Gasteiger partial charge >= 0.3 is 0 Å². The van der Waals surface area contributed by atoms with Crippen molar-refractivity contribution >= 4 is 5.91 Å². The summed E-state index contributed by atoms with van der Waals surface area (Å²) in [7, 11) is 0. The van der Waals surface area contributed by atoms with Crippen molar-refractivity contribution in [3.63, 3.8) is 0 Å². The zero-order chi connectivity index (χ0) is 10.6. The molecule has 1 rings (SSSR count). The predicted octanol–water partition coefficient (Wildman–Crippen LogP) is 0.830. The second-order valence-electron chi connectivity index (χ2n) is 3.70. The molecular weight excluding hydrogens is 180 g/mol. The Hall–Kier alpha value is -1.08. The Morgan fingerprint density at radius 3 is 2.86 bits per heavy atom. The molecule has 1 fully saturated rings. The molecule has 0 radical (unpaired) electrons. The van der Waals surface area contributed by atoms with Gasteiger partial charge in [-0.25, -0.2) is 0 Å². The molecule has 0 spiro atoms. The highest BCUT2D eigenvalue weighted by Crippen LogP contribution is 2.15. The van der Waals surface area contributed by atoms with Gasteiger partial charge in [0.1, 0.15) is 5.92 Å². The number of nitriles is 1. The number of carbonyl (C=O) groups excluding carboxylic acids is 1. The first-order chi connectivity index (χ1) is 6.65. The van der Waals surface area contributed by atoms with E-state index in [4.69, 9.17) is 10.00 Å². The second kappa shape index (κ2) is 4.97. The van der Waals surface area contributed by atoms with E-state index in [1.807, 2.05) is 13.0 Å². The average molecular weight is 196 g/mol. The normalized spacial score (nSPS) is 25.1. The van der Waals surface area contributed by atoms with E-state index in [0.29, 0.717) is 0 Å². The molecule has 1 saturated heterocycles. The molecule has 0 aliphatic carbocycles. The highest BCUT2D eigenvalue weighted by atomic mass is 16.5. The zero-order valence-corrected chi connectivity index (χ0v) is 8.62. The Morgan fingerprint density at radius 2 is 2.36 bits per heavy atom. The number of nitrogens with zero attached hydrogens (tertiary/aromatic N) is 1. The molecule has 14 heavy (non-hydrogen) atoms. The standard InChI is InChI=1S/C10H16N2O2/c1-7(6-11)10(13)12-8(2)9-4-3-5-14-9/h7-9H,3-5H2,1-2H3,(H,12,13). The van der Waals surface area contributed by atoms with Gasteiger partial charge in [-0.2, -0.15) is 5.26 Å². The highest BCUT2D eigenvalue weighted by molar-refractivity contribution is 5.80. The molecule has 3 atom stereocenters. The Labute approximate surface area is 84.2 Å². The van der Waals surface area contributed by atoms with Crippen molar-refractivity contribution in [2.45, 2.75) is 38.8 Å². The van der Waals surface area contributed by atoms with Crippen LogP contribution in [0.15, 0.2) is 0 Å². The molecule has 0 saturated carbocycles. The van der Waals surface area contributed by atoms with Crippen molar-refractivity contribution in [2.24, 2.45) is 5.92 Å². The molecule has 3 unspecified atom stereocenters. The summed E-state index contributed by atoms with van der Waals surface area (Å²) in [5.74, 6) is -0.797. The molecule has 4 heteroatoms. The molecule has 1 N–H and O–H groups in total. The number of hydrogen-bond donors (Lipinski definition) is 1. The third-order valence-electron chi connectivity index (χ3n) is 2.48. The Bertz CT molecular complexity index is 241. The van der Waals surface area contributed by atoms with Crippen molar-refractivity contribution in [3.8, 4) is 6.07 Å². The molecular formula is C10H16N2O2. The fourth-order valence-electron chi connectivity index (χ4n) is 1.50. The molecule has 1 aliphatic heterocycles. The van der Waals surface area contributed by atoms with Gasteiger partial charge in [0.2, 0.25) is 5.91 Å². The summed E-state index contributed by atoms with van der Waals surface area (Å²) in [5, 5.41) is 11.3. The van der Waals surface area contributed by atoms with Crippen molar-refractivity contribution < 1.29 is 9.53 Å². The molecule has 4 nitrogen and oxygen atoms in total. The van der Waals surface area contributed by atoms with E-state index in [1.54, 1.807) is 6.92 Å². The monoisotopic (exact) mass is 196 g/mol. The minimum atomic E-state index is -0.584. The Morgan fingerprint density at radius 1 is 1.64 bits per heavy atom. The third-order valence-corrected chi connectivity index (χ3v) is 2.48. The summed E-state index contributed by atoms with van der Waals surface area (Å²) in [6, 6.07) is 1.91. The number of nitrogens with one attached hydrogen (secondary N) is 1. The van der Waals surface area contributed by atoms with Gasteiger partial charge in [-0.15, -0.1) is 0 Å². The van der Waals surface area contributed by atoms with Crippen molar-refractivity contribution in [3.05, 3.63) is 0 Å². The molecule has 0 aromatic rings. The number of rotatable bonds is 3. The summed E-state index contributed by atoms with van der Waals surface area (Å²) in [5.41, 5.74) is 0. The number of carbonyl (C=O) groups is 1. The summed E-state index contributed by atoms with van der Waals surface area (Å²) < 4.78 is 5.43. The third kappa shape index (κ3) is 2.71. The molecule has 0 aromatic heterocycles. The number of ether oxygens (including phenoxy) is 1. The van der Waals surface area contributed by atoms with E-state index >= 15 is 0 Å². The minimum Gasteiger partial charge on any atom is -0.376 e. The molecule has 78 valence electrons. The van der Waals surface area contributed by atoms with Crippen LogP contribution in [-0.2, 0) is 9.53 Å². The minimum absolute atomic E-state index is 0.000741. The van der Waals surface area contributed by atoms with E-state index in [0.717, 1.165) is 19.4 Å². The van der Waals surface area contributed by atoms with Gasteiger partial charge in [0.05, 0.1) is 18.2 Å². The quantitative estimate of drug-likeness (QED) is 0.727. The molecule has 0 bridgehead atoms. The van der Waals surface area contributed by atoms with E-state index in [2.05, 4.69) is 5.32 Å². The molecule has 1 amide bonds. The Balaban J connectivity index is 2.36. The lowest BCUT2D eigenvalue weighted by molar-refractivity contribution is -0.124. The first-order valence-corrected chi connectivity index (χ1v) is 4.96. The van der Waals surface area contributed by atoms with Crippen LogP contribution in [0.1, 0.15) is 26.7 Å². The predicted molar refractivity (Wildman–Crippen MR) is 51.4 cm³/mol. The van der Waals surface area contributed by atoms with Crippen molar-refractivity contribution in [2.75, 3.05) is 6.61 Å². The smallest absolute Gasteiger partial charge is 0.237 e. The fraction of sp³-hybridized carbons (Fsp3) is 0.800. The number of hydrogen-bond acceptors (Lipinski definition) is 3. The summed E-state index contributed by atoms with van der Waals surface area (Å²) >= 11 is 0. The van der Waals surface area contributed by atoms with Crippen LogP contribution in [0.3, 0.4) is 0 Å². The van der Waals surface area contributed by atoms with Gasteiger partial charge in [0.25, 0.3) is 0 Å². The van der Waals surface area contributed by atoms with E-state index < -0.39 is 5.92 Å². The maximum Gasteiger partial charge on any atom is 0.237 e. The number of amides is 1. The van der Waals surface area contributed by atoms with Crippen LogP contribution in [0, 0.1) is 17.2 Å². The highest BCUT2D eigenvalue weighted by Gasteiger charge is 2.24. The maximum atomic E-state index is 11.4. The van der Waals surface area contributed by atoms with Gasteiger partial charge in [0, 0.05) is 6.61 Å². The second-order valence-corrected chi connectivity index (χ2v) is 3.70. The van der Waals surface area contributed by atoms with Crippen LogP contribution in [0.5, 0.6) is 0 Å².